The van der Waals surface area contributed by atoms with Crippen molar-refractivity contribution in [1.29, 1.82) is 0 Å². The van der Waals surface area contributed by atoms with E-state index in [2.05, 4.69) is 12.2 Å². The van der Waals surface area contributed by atoms with Gasteiger partial charge in [0, 0.05) is 5.41 Å². The first kappa shape index (κ1) is 29.2. The molecule has 6 heteroatoms. The van der Waals surface area contributed by atoms with Crippen LogP contribution in [0.15, 0.2) is 18.2 Å². The molecular weight excluding hydrogens is 438 g/mol. The van der Waals surface area contributed by atoms with Crippen molar-refractivity contribution in [1.82, 2.24) is 0 Å². The number of Topliss-reactive ketones (excluding diaryl/α,β-unsaturated/α-hetero) is 1. The Balaban J connectivity index is 2.42. The van der Waals surface area contributed by atoms with Gasteiger partial charge in [0.15, 0.2) is 0 Å². The zero-order valence-electron chi connectivity index (χ0n) is 21.1. The van der Waals surface area contributed by atoms with E-state index >= 15 is 0 Å². The number of unbranched alkanes of at least 4 members (excludes halogenated alkanes) is 9. The molecule has 0 saturated heterocycles. The molecule has 1 N–H and O–H groups in total. The lowest BCUT2D eigenvalue weighted by atomic mass is 9.83. The highest BCUT2D eigenvalue weighted by atomic mass is 35.5. The average molecular weight is 480 g/mol. The van der Waals surface area contributed by atoms with Crippen molar-refractivity contribution in [2.75, 3.05) is 11.9 Å². The Labute approximate surface area is 205 Å². The van der Waals surface area contributed by atoms with Crippen LogP contribution in [0, 0.1) is 11.3 Å². The fourth-order valence-electron chi connectivity index (χ4n) is 3.60. The van der Waals surface area contributed by atoms with E-state index in [9.17, 15) is 14.4 Å². The number of anilines is 1. The number of rotatable bonds is 15. The van der Waals surface area contributed by atoms with Crippen molar-refractivity contribution in [3.63, 3.8) is 0 Å². The van der Waals surface area contributed by atoms with Crippen LogP contribution in [0.2, 0.25) is 5.02 Å². The molecule has 0 fully saturated rings. The third kappa shape index (κ3) is 11.2. The molecule has 33 heavy (non-hydrogen) atoms. The summed E-state index contributed by atoms with van der Waals surface area (Å²) < 4.78 is 5.38. The number of benzene rings is 1. The minimum Gasteiger partial charge on any atom is -0.462 e. The monoisotopic (exact) mass is 479 g/mol. The van der Waals surface area contributed by atoms with Gasteiger partial charge in [-0.25, -0.2) is 4.79 Å². The van der Waals surface area contributed by atoms with E-state index in [1.807, 2.05) is 0 Å². The summed E-state index contributed by atoms with van der Waals surface area (Å²) in [6, 6.07) is 4.61. The number of carbonyl (C=O) groups excluding carboxylic acids is 3. The highest BCUT2D eigenvalue weighted by molar-refractivity contribution is 6.34. The van der Waals surface area contributed by atoms with E-state index in [0.29, 0.717) is 22.9 Å². The normalized spacial score (nSPS) is 12.3. The summed E-state index contributed by atoms with van der Waals surface area (Å²) in [6.45, 7) is 9.50. The highest BCUT2D eigenvalue weighted by Crippen LogP contribution is 2.26. The molecule has 186 valence electrons. The minimum absolute atomic E-state index is 0.164. The number of ether oxygens (including phenoxy) is 1. The molecule has 1 amide bonds. The van der Waals surface area contributed by atoms with Gasteiger partial charge in [-0.2, -0.15) is 0 Å². The van der Waals surface area contributed by atoms with Gasteiger partial charge in [0.2, 0.25) is 5.91 Å². The standard InChI is InChI=1S/C27H42ClNO4/c1-6-7-8-9-10-11-12-13-14-15-18-33-26(32)21-16-17-22(28)23(19-21)29-25(31)20(2)24(30)27(3,4)5/h16-17,19-20H,6-15,18H2,1-5H3,(H,29,31). The first-order valence-electron chi connectivity index (χ1n) is 12.4. The molecule has 0 aliphatic heterocycles. The number of amides is 1. The van der Waals surface area contributed by atoms with E-state index in [0.717, 1.165) is 19.3 Å². The number of halogens is 1. The zero-order valence-corrected chi connectivity index (χ0v) is 21.9. The third-order valence-electron chi connectivity index (χ3n) is 5.72. The Morgan fingerprint density at radius 1 is 0.939 bits per heavy atom. The number of nitrogens with one attached hydrogen (secondary N) is 1. The lowest BCUT2D eigenvalue weighted by molar-refractivity contribution is -0.135. The number of hydrogen-bond acceptors (Lipinski definition) is 4. The summed E-state index contributed by atoms with van der Waals surface area (Å²) in [5, 5.41) is 2.97. The van der Waals surface area contributed by atoms with Gasteiger partial charge in [0.1, 0.15) is 5.78 Å². The molecular formula is C27H42ClNO4. The van der Waals surface area contributed by atoms with Crippen LogP contribution in [-0.4, -0.2) is 24.3 Å². The lowest BCUT2D eigenvalue weighted by Gasteiger charge is -2.21. The van der Waals surface area contributed by atoms with Gasteiger partial charge in [0.05, 0.1) is 28.8 Å². The van der Waals surface area contributed by atoms with E-state index in [4.69, 9.17) is 16.3 Å². The summed E-state index contributed by atoms with van der Waals surface area (Å²) in [6.07, 6.45) is 12.2. The van der Waals surface area contributed by atoms with Gasteiger partial charge < -0.3 is 10.1 Å². The summed E-state index contributed by atoms with van der Waals surface area (Å²) in [5.41, 5.74) is -0.0129. The minimum atomic E-state index is -0.826. The summed E-state index contributed by atoms with van der Waals surface area (Å²) in [7, 11) is 0. The summed E-state index contributed by atoms with van der Waals surface area (Å²) >= 11 is 6.19. The van der Waals surface area contributed by atoms with Gasteiger partial charge in [-0.15, -0.1) is 0 Å². The molecule has 0 saturated carbocycles. The Kier molecular flexibility index (Phi) is 13.3. The Bertz CT molecular complexity index is 770. The lowest BCUT2D eigenvalue weighted by Crippen LogP contribution is -2.34. The SMILES string of the molecule is CCCCCCCCCCCCOC(=O)c1ccc(Cl)c(NC(=O)C(C)C(=O)C(C)(C)C)c1. The molecule has 1 unspecified atom stereocenters. The first-order chi connectivity index (χ1) is 15.6. The Morgan fingerprint density at radius 2 is 1.48 bits per heavy atom. The fourth-order valence-corrected chi connectivity index (χ4v) is 3.76. The van der Waals surface area contributed by atoms with Crippen LogP contribution >= 0.6 is 11.6 Å². The fraction of sp³-hybridized carbons (Fsp3) is 0.667. The van der Waals surface area contributed by atoms with E-state index in [1.54, 1.807) is 39.8 Å². The summed E-state index contributed by atoms with van der Waals surface area (Å²) in [5.74, 6) is -1.89. The zero-order chi connectivity index (χ0) is 24.9. The van der Waals surface area contributed by atoms with Gasteiger partial charge in [0.25, 0.3) is 0 Å². The summed E-state index contributed by atoms with van der Waals surface area (Å²) in [4.78, 5) is 37.3. The second-order valence-corrected chi connectivity index (χ2v) is 10.2. The molecule has 0 bridgehead atoms. The molecule has 0 aliphatic rings. The third-order valence-corrected chi connectivity index (χ3v) is 6.05. The van der Waals surface area contributed by atoms with E-state index in [1.165, 1.54) is 51.0 Å². The van der Waals surface area contributed by atoms with Crippen molar-refractivity contribution in [2.24, 2.45) is 11.3 Å². The molecule has 1 rings (SSSR count). The van der Waals surface area contributed by atoms with Gasteiger partial charge in [-0.1, -0.05) is 97.1 Å². The number of carbonyl (C=O) groups is 3. The number of ketones is 1. The van der Waals surface area contributed by atoms with E-state index < -0.39 is 23.2 Å². The largest absolute Gasteiger partial charge is 0.462 e. The van der Waals surface area contributed by atoms with Crippen molar-refractivity contribution in [2.45, 2.75) is 98.8 Å². The second kappa shape index (κ2) is 15.1. The maximum Gasteiger partial charge on any atom is 0.338 e. The molecule has 0 aromatic heterocycles. The van der Waals surface area contributed by atoms with Crippen LogP contribution in [0.3, 0.4) is 0 Å². The van der Waals surface area contributed by atoms with Gasteiger partial charge in [-0.05, 0) is 31.5 Å². The van der Waals surface area contributed by atoms with E-state index in [-0.39, 0.29) is 5.78 Å². The topological polar surface area (TPSA) is 72.5 Å². The van der Waals surface area contributed by atoms with Crippen LogP contribution in [-0.2, 0) is 14.3 Å². The number of hydrogen-bond donors (Lipinski definition) is 1. The molecule has 0 heterocycles. The van der Waals surface area contributed by atoms with Crippen LogP contribution in [0.1, 0.15) is 109 Å². The molecule has 5 nitrogen and oxygen atoms in total. The van der Waals surface area contributed by atoms with Crippen LogP contribution in [0.5, 0.6) is 0 Å². The smallest absolute Gasteiger partial charge is 0.338 e. The molecule has 0 radical (unpaired) electrons. The van der Waals surface area contributed by atoms with Crippen molar-refractivity contribution >= 4 is 34.9 Å². The molecule has 1 atom stereocenters. The van der Waals surface area contributed by atoms with Crippen LogP contribution in [0.4, 0.5) is 5.69 Å². The Morgan fingerprint density at radius 3 is 2.03 bits per heavy atom. The van der Waals surface area contributed by atoms with Crippen molar-refractivity contribution < 1.29 is 19.1 Å². The van der Waals surface area contributed by atoms with Crippen LogP contribution in [0.25, 0.3) is 0 Å². The highest BCUT2D eigenvalue weighted by Gasteiger charge is 2.31. The molecule has 1 aromatic carbocycles. The first-order valence-corrected chi connectivity index (χ1v) is 12.8. The van der Waals surface area contributed by atoms with Gasteiger partial charge >= 0.3 is 5.97 Å². The second-order valence-electron chi connectivity index (χ2n) is 9.84. The number of esters is 1. The van der Waals surface area contributed by atoms with Crippen molar-refractivity contribution in [3.05, 3.63) is 28.8 Å². The maximum atomic E-state index is 12.5. The average Bonchev–Trinajstić information content (AvgIpc) is 2.77. The van der Waals surface area contributed by atoms with Crippen molar-refractivity contribution in [3.8, 4) is 0 Å². The quantitative estimate of drug-likeness (QED) is 0.159. The molecule has 1 aromatic rings. The molecule has 0 aliphatic carbocycles. The predicted molar refractivity (Wildman–Crippen MR) is 136 cm³/mol. The maximum absolute atomic E-state index is 12.5. The van der Waals surface area contributed by atoms with Gasteiger partial charge in [-0.3, -0.25) is 9.59 Å². The van der Waals surface area contributed by atoms with Crippen LogP contribution < -0.4 is 5.32 Å². The predicted octanol–water partition coefficient (Wildman–Crippen LogP) is 7.61. The molecule has 0 spiro atoms. The Hall–Kier alpha value is -1.88.